The molecule has 3 rings (SSSR count). The Bertz CT molecular complexity index is 1070. The summed E-state index contributed by atoms with van der Waals surface area (Å²) in [4.78, 5) is 36.1. The Morgan fingerprint density at radius 2 is 1.78 bits per heavy atom. The van der Waals surface area contributed by atoms with Crippen molar-refractivity contribution in [2.45, 2.75) is 13.3 Å². The van der Waals surface area contributed by atoms with Crippen LogP contribution in [-0.2, 0) is 16.0 Å². The molecule has 0 saturated heterocycles. The molecule has 0 unspecified atom stereocenters. The molecule has 7 heteroatoms. The van der Waals surface area contributed by atoms with E-state index in [0.29, 0.717) is 5.56 Å². The molecule has 0 saturated carbocycles. The van der Waals surface area contributed by atoms with Crippen LogP contribution in [-0.4, -0.2) is 34.4 Å². The van der Waals surface area contributed by atoms with Crippen molar-refractivity contribution in [3.63, 3.8) is 0 Å². The van der Waals surface area contributed by atoms with E-state index in [1.165, 1.54) is 32.2 Å². The molecule has 1 aromatic heterocycles. The first-order valence-electron chi connectivity index (χ1n) is 8.07. The van der Waals surface area contributed by atoms with Gasteiger partial charge < -0.3 is 9.84 Å². The number of hydrogen-bond acceptors (Lipinski definition) is 5. The molecule has 0 amide bonds. The van der Waals surface area contributed by atoms with Crippen molar-refractivity contribution < 1.29 is 28.6 Å². The van der Waals surface area contributed by atoms with E-state index in [1.807, 2.05) is 0 Å². The molecule has 138 valence electrons. The zero-order chi connectivity index (χ0) is 19.7. The number of fused-ring (bicyclic) bond motifs is 1. The number of ketones is 1. The number of hydrogen-bond donors (Lipinski definition) is 1. The molecule has 0 radical (unpaired) electrons. The Morgan fingerprint density at radius 1 is 1.11 bits per heavy atom. The molecule has 0 bridgehead atoms. The predicted octanol–water partition coefficient (Wildman–Crippen LogP) is 3.09. The highest BCUT2D eigenvalue weighted by Crippen LogP contribution is 2.33. The number of nitrogens with zero attached hydrogens (tertiary/aromatic N) is 1. The lowest BCUT2D eigenvalue weighted by Gasteiger charge is -2.04. The summed E-state index contributed by atoms with van der Waals surface area (Å²) >= 11 is 0. The van der Waals surface area contributed by atoms with Gasteiger partial charge in [0.2, 0.25) is 11.8 Å². The van der Waals surface area contributed by atoms with Gasteiger partial charge in [0, 0.05) is 17.9 Å². The van der Waals surface area contributed by atoms with Crippen LogP contribution < -0.4 is 0 Å². The van der Waals surface area contributed by atoms with Crippen LogP contribution >= 0.6 is 0 Å². The summed E-state index contributed by atoms with van der Waals surface area (Å²) in [6.45, 7) is 1.21. The van der Waals surface area contributed by atoms with Crippen molar-refractivity contribution in [1.29, 1.82) is 0 Å². The Balaban J connectivity index is 2.07. The minimum atomic E-state index is -0.589. The lowest BCUT2D eigenvalue weighted by atomic mass is 10.0. The van der Waals surface area contributed by atoms with Crippen molar-refractivity contribution in [2.24, 2.45) is 0 Å². The smallest absolute Gasteiger partial charge is 0.309 e. The lowest BCUT2D eigenvalue weighted by Crippen LogP contribution is -2.07. The van der Waals surface area contributed by atoms with Crippen LogP contribution in [0.5, 0.6) is 5.88 Å². The fourth-order valence-corrected chi connectivity index (χ4v) is 2.95. The van der Waals surface area contributed by atoms with Crippen LogP contribution in [0.2, 0.25) is 0 Å². The van der Waals surface area contributed by atoms with E-state index in [-0.39, 0.29) is 28.5 Å². The third kappa shape index (κ3) is 3.31. The van der Waals surface area contributed by atoms with Gasteiger partial charge >= 0.3 is 5.97 Å². The lowest BCUT2D eigenvalue weighted by molar-refractivity contribution is -0.139. The molecule has 3 aromatic rings. The zero-order valence-electron chi connectivity index (χ0n) is 14.7. The number of methoxy groups -OCH3 is 1. The number of halogens is 1. The summed E-state index contributed by atoms with van der Waals surface area (Å²) in [5.74, 6) is -2.59. The maximum atomic E-state index is 13.6. The van der Waals surface area contributed by atoms with Gasteiger partial charge in [-0.15, -0.1) is 0 Å². The number of carbonyl (C=O) groups is 3. The summed E-state index contributed by atoms with van der Waals surface area (Å²) in [7, 11) is 1.29. The van der Waals surface area contributed by atoms with Gasteiger partial charge in [0.15, 0.2) is 5.78 Å². The second-order valence-corrected chi connectivity index (χ2v) is 5.99. The Hall–Kier alpha value is -3.48. The summed E-state index contributed by atoms with van der Waals surface area (Å²) in [5, 5.41) is 10.7. The summed E-state index contributed by atoms with van der Waals surface area (Å²) < 4.78 is 19.1. The topological polar surface area (TPSA) is 85.6 Å². The van der Waals surface area contributed by atoms with Crippen molar-refractivity contribution >= 4 is 28.6 Å². The number of aromatic nitrogens is 1. The maximum absolute atomic E-state index is 13.6. The molecule has 6 nitrogen and oxygen atoms in total. The maximum Gasteiger partial charge on any atom is 0.309 e. The number of aromatic hydroxyl groups is 1. The van der Waals surface area contributed by atoms with Crippen molar-refractivity contribution in [3.8, 4) is 5.88 Å². The molecule has 27 heavy (non-hydrogen) atoms. The highest BCUT2D eigenvalue weighted by atomic mass is 19.1. The monoisotopic (exact) mass is 369 g/mol. The van der Waals surface area contributed by atoms with Gasteiger partial charge in [0.25, 0.3) is 0 Å². The van der Waals surface area contributed by atoms with Crippen LogP contribution in [0, 0.1) is 5.82 Å². The number of ether oxygens (including phenoxy) is 1. The van der Waals surface area contributed by atoms with Gasteiger partial charge in [0.05, 0.1) is 24.6 Å². The van der Waals surface area contributed by atoms with Crippen molar-refractivity contribution in [3.05, 3.63) is 65.0 Å². The zero-order valence-corrected chi connectivity index (χ0v) is 14.7. The molecule has 0 aliphatic carbocycles. The third-order valence-electron chi connectivity index (χ3n) is 4.24. The minimum absolute atomic E-state index is 0.0686. The van der Waals surface area contributed by atoms with Gasteiger partial charge in [-0.2, -0.15) is 0 Å². The summed E-state index contributed by atoms with van der Waals surface area (Å²) in [6.07, 6.45) is 0.0686. The Kier molecular flexibility index (Phi) is 4.77. The van der Waals surface area contributed by atoms with Crippen LogP contribution in [0.3, 0.4) is 0 Å². The largest absolute Gasteiger partial charge is 0.494 e. The molecule has 0 atom stereocenters. The molecule has 2 aromatic carbocycles. The van der Waals surface area contributed by atoms with Crippen LogP contribution in [0.4, 0.5) is 4.39 Å². The third-order valence-corrected chi connectivity index (χ3v) is 4.24. The SMILES string of the molecule is COC(=O)Cc1ccc(C(=O)c2c(O)n(C(C)=O)c3cc(F)ccc23)cc1. The average molecular weight is 369 g/mol. The van der Waals surface area contributed by atoms with E-state index in [4.69, 9.17) is 0 Å². The van der Waals surface area contributed by atoms with Crippen LogP contribution in [0.1, 0.15) is 33.2 Å². The van der Waals surface area contributed by atoms with E-state index >= 15 is 0 Å². The molecule has 0 spiro atoms. The van der Waals surface area contributed by atoms with E-state index in [1.54, 1.807) is 12.1 Å². The molecule has 1 N–H and O–H groups in total. The molecular formula is C20H16FNO5. The standard InChI is InChI=1S/C20H16FNO5/c1-11(23)22-16-10-14(21)7-8-15(16)18(20(22)26)19(25)13-5-3-12(4-6-13)9-17(24)27-2/h3-8,10,26H,9H2,1-2H3. The first kappa shape index (κ1) is 18.3. The van der Waals surface area contributed by atoms with Gasteiger partial charge in [-0.25, -0.2) is 8.96 Å². The first-order chi connectivity index (χ1) is 12.8. The van der Waals surface area contributed by atoms with Gasteiger partial charge in [-0.05, 0) is 23.8 Å². The second-order valence-electron chi connectivity index (χ2n) is 5.99. The van der Waals surface area contributed by atoms with Crippen LogP contribution in [0.25, 0.3) is 10.9 Å². The average Bonchev–Trinajstić information content (AvgIpc) is 2.92. The first-order valence-corrected chi connectivity index (χ1v) is 8.07. The van der Waals surface area contributed by atoms with Crippen LogP contribution in [0.15, 0.2) is 42.5 Å². The molecule has 0 aliphatic heterocycles. The Morgan fingerprint density at radius 3 is 2.37 bits per heavy atom. The van der Waals surface area contributed by atoms with Crippen molar-refractivity contribution in [1.82, 2.24) is 4.57 Å². The fourth-order valence-electron chi connectivity index (χ4n) is 2.95. The molecule has 1 heterocycles. The number of carbonyl (C=O) groups excluding carboxylic acids is 3. The number of esters is 1. The van der Waals surface area contributed by atoms with Gasteiger partial charge in [-0.3, -0.25) is 14.4 Å². The quantitative estimate of drug-likeness (QED) is 0.564. The normalized spacial score (nSPS) is 10.8. The Labute approximate surface area is 153 Å². The number of rotatable bonds is 4. The molecule has 0 aliphatic rings. The van der Waals surface area contributed by atoms with E-state index in [0.717, 1.165) is 16.7 Å². The predicted molar refractivity (Wildman–Crippen MR) is 95.5 cm³/mol. The second kappa shape index (κ2) is 7.03. The van der Waals surface area contributed by atoms with Gasteiger partial charge in [0.1, 0.15) is 5.82 Å². The summed E-state index contributed by atoms with van der Waals surface area (Å²) in [6, 6.07) is 9.83. The van der Waals surface area contributed by atoms with Crippen molar-refractivity contribution in [2.75, 3.05) is 7.11 Å². The van der Waals surface area contributed by atoms with E-state index in [9.17, 15) is 23.9 Å². The highest BCUT2D eigenvalue weighted by Gasteiger charge is 2.25. The molecular weight excluding hydrogens is 353 g/mol. The van der Waals surface area contributed by atoms with E-state index in [2.05, 4.69) is 4.74 Å². The highest BCUT2D eigenvalue weighted by molar-refractivity contribution is 6.19. The summed E-state index contributed by atoms with van der Waals surface area (Å²) in [5.41, 5.74) is 0.952. The van der Waals surface area contributed by atoms with Gasteiger partial charge in [-0.1, -0.05) is 24.3 Å². The number of benzene rings is 2. The fraction of sp³-hybridized carbons (Fsp3) is 0.150. The molecule has 0 fully saturated rings. The minimum Gasteiger partial charge on any atom is -0.494 e. The van der Waals surface area contributed by atoms with E-state index < -0.39 is 29.4 Å².